The molecule has 16 heavy (non-hydrogen) atoms. The minimum Gasteiger partial charge on any atom is -0.360 e. The molecule has 0 saturated carbocycles. The Kier molecular flexibility index (Phi) is 3.46. The molecule has 0 aliphatic rings. The van der Waals surface area contributed by atoms with Gasteiger partial charge in [-0.25, -0.2) is 4.98 Å². The van der Waals surface area contributed by atoms with Gasteiger partial charge in [-0.1, -0.05) is 0 Å². The second kappa shape index (κ2) is 4.84. The van der Waals surface area contributed by atoms with Gasteiger partial charge in [-0.3, -0.25) is 0 Å². The minimum atomic E-state index is 0.892. The van der Waals surface area contributed by atoms with Crippen LogP contribution in [-0.2, 0) is 13.5 Å². The first-order valence-corrected chi connectivity index (χ1v) is 6.02. The summed E-state index contributed by atoms with van der Waals surface area (Å²) in [6.45, 7) is 0.932. The summed E-state index contributed by atoms with van der Waals surface area (Å²) in [5, 5.41) is 3.13. The number of nitrogens with one attached hydrogen (secondary N) is 2. The molecule has 2 N–H and O–H groups in total. The van der Waals surface area contributed by atoms with Gasteiger partial charge < -0.3 is 14.9 Å². The monoisotopic (exact) mass is 282 g/mol. The fourth-order valence-corrected chi connectivity index (χ4v) is 2.42. The number of halogens is 1. The van der Waals surface area contributed by atoms with Crippen molar-refractivity contribution in [3.63, 3.8) is 0 Å². The van der Waals surface area contributed by atoms with Crippen molar-refractivity contribution < 1.29 is 0 Å². The van der Waals surface area contributed by atoms with Crippen molar-refractivity contribution in [3.05, 3.63) is 28.8 Å². The second-order valence-electron chi connectivity index (χ2n) is 3.66. The van der Waals surface area contributed by atoms with Gasteiger partial charge in [0, 0.05) is 26.2 Å². The van der Waals surface area contributed by atoms with Crippen LogP contribution in [0.2, 0.25) is 0 Å². The standard InChI is InChI=1S/C11H15BrN4/c1-13-7-5-9-15-11(12)10(16(9)2)8-4-3-6-14-8/h3-4,6,13-14H,5,7H2,1-2H3. The number of aromatic amines is 1. The maximum Gasteiger partial charge on any atom is 0.134 e. The van der Waals surface area contributed by atoms with E-state index < -0.39 is 0 Å². The van der Waals surface area contributed by atoms with Gasteiger partial charge in [0.05, 0.1) is 11.4 Å². The van der Waals surface area contributed by atoms with E-state index in [1.54, 1.807) is 0 Å². The Balaban J connectivity index is 2.36. The van der Waals surface area contributed by atoms with E-state index in [9.17, 15) is 0 Å². The molecule has 0 aliphatic heterocycles. The lowest BCUT2D eigenvalue weighted by Crippen LogP contribution is -2.13. The van der Waals surface area contributed by atoms with Crippen LogP contribution in [0.25, 0.3) is 11.4 Å². The number of hydrogen-bond acceptors (Lipinski definition) is 2. The number of nitrogens with zero attached hydrogens (tertiary/aromatic N) is 2. The molecule has 0 aliphatic carbocycles. The van der Waals surface area contributed by atoms with Crippen molar-refractivity contribution in [2.45, 2.75) is 6.42 Å². The van der Waals surface area contributed by atoms with Crippen molar-refractivity contribution in [2.24, 2.45) is 7.05 Å². The maximum atomic E-state index is 4.52. The van der Waals surface area contributed by atoms with Crippen LogP contribution in [0.5, 0.6) is 0 Å². The molecule has 2 aromatic heterocycles. The van der Waals surface area contributed by atoms with Crippen LogP contribution in [0.1, 0.15) is 5.82 Å². The molecule has 0 radical (unpaired) electrons. The summed E-state index contributed by atoms with van der Waals surface area (Å²) in [6, 6.07) is 4.03. The SMILES string of the molecule is CNCCc1nc(Br)c(-c2ccc[nH]2)n1C. The summed E-state index contributed by atoms with van der Waals surface area (Å²) in [4.78, 5) is 7.72. The molecule has 0 saturated heterocycles. The summed E-state index contributed by atoms with van der Waals surface area (Å²) < 4.78 is 3.01. The van der Waals surface area contributed by atoms with Gasteiger partial charge in [-0.15, -0.1) is 0 Å². The third-order valence-electron chi connectivity index (χ3n) is 2.60. The molecule has 5 heteroatoms. The predicted molar refractivity (Wildman–Crippen MR) is 68.3 cm³/mol. The summed E-state index contributed by atoms with van der Waals surface area (Å²) in [6.07, 6.45) is 2.84. The van der Waals surface area contributed by atoms with Gasteiger partial charge in [-0.2, -0.15) is 0 Å². The molecular formula is C11H15BrN4. The van der Waals surface area contributed by atoms with Crippen LogP contribution in [-0.4, -0.2) is 28.1 Å². The number of imidazole rings is 1. The Morgan fingerprint density at radius 3 is 3.00 bits per heavy atom. The predicted octanol–water partition coefficient (Wildman–Crippen LogP) is 1.94. The highest BCUT2D eigenvalue weighted by atomic mass is 79.9. The minimum absolute atomic E-state index is 0.892. The quantitative estimate of drug-likeness (QED) is 0.900. The Morgan fingerprint density at radius 2 is 2.38 bits per heavy atom. The van der Waals surface area contributed by atoms with Gasteiger partial charge in [0.15, 0.2) is 0 Å². The Hall–Kier alpha value is -1.07. The smallest absolute Gasteiger partial charge is 0.134 e. The molecule has 0 aromatic carbocycles. The van der Waals surface area contributed by atoms with Gasteiger partial charge in [0.1, 0.15) is 10.4 Å². The molecular weight excluding hydrogens is 268 g/mol. The zero-order chi connectivity index (χ0) is 11.5. The number of likely N-dealkylation sites (N-methyl/N-ethyl adjacent to an activating group) is 1. The van der Waals surface area contributed by atoms with Crippen LogP contribution >= 0.6 is 15.9 Å². The normalized spacial score (nSPS) is 10.9. The first-order chi connectivity index (χ1) is 7.74. The van der Waals surface area contributed by atoms with Crippen molar-refractivity contribution in [1.82, 2.24) is 19.9 Å². The molecule has 4 nitrogen and oxygen atoms in total. The number of H-pyrrole nitrogens is 1. The van der Waals surface area contributed by atoms with Crippen LogP contribution in [0, 0.1) is 0 Å². The fourth-order valence-electron chi connectivity index (χ4n) is 1.74. The molecule has 2 rings (SSSR count). The number of rotatable bonds is 4. The molecule has 0 amide bonds. The summed E-state index contributed by atoms with van der Waals surface area (Å²) in [5.41, 5.74) is 2.17. The topological polar surface area (TPSA) is 45.6 Å². The molecule has 0 fully saturated rings. The van der Waals surface area contributed by atoms with E-state index in [4.69, 9.17) is 0 Å². The second-order valence-corrected chi connectivity index (χ2v) is 4.41. The van der Waals surface area contributed by atoms with E-state index in [1.165, 1.54) is 0 Å². The van der Waals surface area contributed by atoms with E-state index >= 15 is 0 Å². The maximum absolute atomic E-state index is 4.52. The first-order valence-electron chi connectivity index (χ1n) is 5.23. The van der Waals surface area contributed by atoms with E-state index in [1.807, 2.05) is 32.4 Å². The van der Waals surface area contributed by atoms with Gasteiger partial charge in [0.2, 0.25) is 0 Å². The van der Waals surface area contributed by atoms with Crippen LogP contribution in [0.4, 0.5) is 0 Å². The van der Waals surface area contributed by atoms with Gasteiger partial charge in [0.25, 0.3) is 0 Å². The first kappa shape index (κ1) is 11.4. The molecule has 2 aromatic rings. The Morgan fingerprint density at radius 1 is 1.56 bits per heavy atom. The third kappa shape index (κ3) is 2.05. The molecule has 86 valence electrons. The number of aromatic nitrogens is 3. The highest BCUT2D eigenvalue weighted by Gasteiger charge is 2.14. The highest BCUT2D eigenvalue weighted by molar-refractivity contribution is 9.10. The lowest BCUT2D eigenvalue weighted by Gasteiger charge is -2.04. The van der Waals surface area contributed by atoms with Gasteiger partial charge in [-0.05, 0) is 35.1 Å². The molecule has 0 spiro atoms. The average Bonchev–Trinajstić information content (AvgIpc) is 2.85. The number of hydrogen-bond donors (Lipinski definition) is 2. The summed E-state index contributed by atoms with van der Waals surface area (Å²) >= 11 is 3.51. The zero-order valence-electron chi connectivity index (χ0n) is 9.42. The van der Waals surface area contributed by atoms with Crippen molar-refractivity contribution in [3.8, 4) is 11.4 Å². The van der Waals surface area contributed by atoms with E-state index in [-0.39, 0.29) is 0 Å². The molecule has 0 atom stereocenters. The van der Waals surface area contributed by atoms with Crippen molar-refractivity contribution in [2.75, 3.05) is 13.6 Å². The third-order valence-corrected chi connectivity index (χ3v) is 3.15. The average molecular weight is 283 g/mol. The van der Waals surface area contributed by atoms with Crippen LogP contribution in [0.3, 0.4) is 0 Å². The van der Waals surface area contributed by atoms with E-state index in [2.05, 4.69) is 35.8 Å². The van der Waals surface area contributed by atoms with E-state index in [0.717, 1.165) is 34.8 Å². The molecule has 0 unspecified atom stereocenters. The fraction of sp³-hybridized carbons (Fsp3) is 0.364. The summed E-state index contributed by atoms with van der Waals surface area (Å²) in [5.74, 6) is 1.07. The molecule has 2 heterocycles. The molecule has 0 bridgehead atoms. The lowest BCUT2D eigenvalue weighted by molar-refractivity contribution is 0.719. The van der Waals surface area contributed by atoms with Gasteiger partial charge >= 0.3 is 0 Å². The Labute approximate surface area is 103 Å². The highest BCUT2D eigenvalue weighted by Crippen LogP contribution is 2.27. The van der Waals surface area contributed by atoms with Crippen molar-refractivity contribution >= 4 is 15.9 Å². The summed E-state index contributed by atoms with van der Waals surface area (Å²) in [7, 11) is 3.99. The lowest BCUT2D eigenvalue weighted by atomic mass is 10.3. The largest absolute Gasteiger partial charge is 0.360 e. The van der Waals surface area contributed by atoms with E-state index in [0.29, 0.717) is 0 Å². The van der Waals surface area contributed by atoms with Crippen molar-refractivity contribution in [1.29, 1.82) is 0 Å². The van der Waals surface area contributed by atoms with Crippen LogP contribution in [0.15, 0.2) is 22.9 Å². The van der Waals surface area contributed by atoms with Crippen LogP contribution < -0.4 is 5.32 Å². The Bertz CT molecular complexity index is 459. The zero-order valence-corrected chi connectivity index (χ0v) is 11.0.